The Hall–Kier alpha value is -2.94. The number of halogens is 1. The Balaban J connectivity index is 0.000000514. The number of rotatable bonds is 12. The topological polar surface area (TPSA) is 116 Å². The number of aliphatic imine (C=N–C) groups is 1. The molecule has 1 heterocycles. The molecule has 2 atom stereocenters. The lowest BCUT2D eigenvalue weighted by Crippen LogP contribution is -2.28. The zero-order valence-electron chi connectivity index (χ0n) is 28.7. The summed E-state index contributed by atoms with van der Waals surface area (Å²) in [6, 6.07) is 17.1. The van der Waals surface area contributed by atoms with E-state index in [2.05, 4.69) is 48.6 Å². The highest BCUT2D eigenvalue weighted by molar-refractivity contribution is 7.99. The zero-order chi connectivity index (χ0) is 35.0. The third-order valence-corrected chi connectivity index (χ3v) is 11.8. The lowest BCUT2D eigenvalue weighted by Gasteiger charge is -2.24. The second kappa shape index (κ2) is 16.8. The number of carbonyl (C=O) groups is 1. The standard InChI is InChI=1S/C35H38ClNO3S.C6H13NO/c1-34(2,40)30-9-4-3-7-25(30)13-17-32(41-23-35(18-19-35)22-33(38)39)27-8-5-6-24(20-27)10-15-29-16-12-26-11-14-28(36)21-31(26)37-29;7-5-1-3-6(8)4-2-5/h3-10,12,14-16,20-21,26,32,40H,11,13,17-19,22-23H2,1-2H3,(H,38,39);5-6,8H,1-4,7H2/b15-10+;/t26?,32-;/m0./s1. The second-order valence-corrected chi connectivity index (χ2v) is 16.2. The predicted molar refractivity (Wildman–Crippen MR) is 204 cm³/mol. The van der Waals surface area contributed by atoms with Crippen molar-refractivity contribution in [3.63, 3.8) is 0 Å². The summed E-state index contributed by atoms with van der Waals surface area (Å²) in [5.74, 6) is 0.429. The minimum Gasteiger partial charge on any atom is -0.481 e. The van der Waals surface area contributed by atoms with Crippen molar-refractivity contribution < 1.29 is 20.1 Å². The largest absolute Gasteiger partial charge is 0.481 e. The number of aryl methyl sites for hydroxylation is 1. The van der Waals surface area contributed by atoms with Crippen molar-refractivity contribution in [1.29, 1.82) is 0 Å². The number of fused-ring (bicyclic) bond motifs is 1. The number of carboxylic acid groups (broad SMARTS) is 1. The first-order valence-electron chi connectivity index (χ1n) is 17.6. The summed E-state index contributed by atoms with van der Waals surface area (Å²) >= 11 is 8.09. The fraction of sp³-hybridized carbons (Fsp3) is 0.463. The van der Waals surface area contributed by atoms with Crippen LogP contribution in [0, 0.1) is 11.3 Å². The van der Waals surface area contributed by atoms with E-state index in [1.54, 1.807) is 0 Å². The molecule has 2 aromatic rings. The molecule has 6 rings (SSSR count). The van der Waals surface area contributed by atoms with Crippen LogP contribution in [-0.4, -0.2) is 44.9 Å². The Bertz CT molecular complexity index is 1600. The van der Waals surface area contributed by atoms with Gasteiger partial charge in [0.25, 0.3) is 0 Å². The summed E-state index contributed by atoms with van der Waals surface area (Å²) < 4.78 is 0. The average molecular weight is 703 g/mol. The van der Waals surface area contributed by atoms with E-state index < -0.39 is 11.6 Å². The molecule has 1 aliphatic heterocycles. The van der Waals surface area contributed by atoms with Gasteiger partial charge in [-0.1, -0.05) is 78.4 Å². The molecule has 0 bridgehead atoms. The summed E-state index contributed by atoms with van der Waals surface area (Å²) in [5, 5.41) is 30.1. The van der Waals surface area contributed by atoms with Crippen molar-refractivity contribution in [2.45, 2.75) is 101 Å². The first-order chi connectivity index (χ1) is 23.4. The van der Waals surface area contributed by atoms with E-state index >= 15 is 0 Å². The maximum absolute atomic E-state index is 11.5. The maximum atomic E-state index is 11.5. The van der Waals surface area contributed by atoms with E-state index in [0.29, 0.717) is 12.0 Å². The fourth-order valence-corrected chi connectivity index (χ4v) is 8.48. The maximum Gasteiger partial charge on any atom is 0.303 e. The van der Waals surface area contributed by atoms with Crippen LogP contribution in [0.1, 0.15) is 99.1 Å². The highest BCUT2D eigenvalue weighted by atomic mass is 35.5. The molecule has 2 aromatic carbocycles. The normalized spacial score (nSPS) is 23.4. The van der Waals surface area contributed by atoms with Crippen LogP contribution in [0.2, 0.25) is 0 Å². The second-order valence-electron chi connectivity index (χ2n) is 14.6. The van der Waals surface area contributed by atoms with Crippen molar-refractivity contribution in [2.75, 3.05) is 5.75 Å². The molecule has 3 aliphatic carbocycles. The predicted octanol–water partition coefficient (Wildman–Crippen LogP) is 8.88. The molecular weight excluding hydrogens is 652 g/mol. The van der Waals surface area contributed by atoms with Gasteiger partial charge in [0.1, 0.15) is 0 Å². The first-order valence-corrected chi connectivity index (χ1v) is 19.0. The number of dihydropyridines is 1. The fourth-order valence-electron chi connectivity index (χ4n) is 6.72. The van der Waals surface area contributed by atoms with E-state index in [-0.39, 0.29) is 23.2 Å². The quantitative estimate of drug-likeness (QED) is 0.176. The lowest BCUT2D eigenvalue weighted by molar-refractivity contribution is -0.138. The van der Waals surface area contributed by atoms with E-state index in [0.717, 1.165) is 96.7 Å². The van der Waals surface area contributed by atoms with Gasteiger partial charge in [-0.3, -0.25) is 9.79 Å². The summed E-state index contributed by atoms with van der Waals surface area (Å²) in [4.78, 5) is 16.3. The van der Waals surface area contributed by atoms with Crippen molar-refractivity contribution in [1.82, 2.24) is 0 Å². The van der Waals surface area contributed by atoms with Crippen molar-refractivity contribution in [2.24, 2.45) is 22.1 Å². The Morgan fingerprint density at radius 2 is 1.88 bits per heavy atom. The zero-order valence-corrected chi connectivity index (χ0v) is 30.3. The Morgan fingerprint density at radius 1 is 1.12 bits per heavy atom. The molecule has 2 saturated carbocycles. The molecule has 1 unspecified atom stereocenters. The minimum atomic E-state index is -0.908. The monoisotopic (exact) mass is 702 g/mol. The van der Waals surface area contributed by atoms with Gasteiger partial charge in [0.15, 0.2) is 0 Å². The van der Waals surface area contributed by atoms with Crippen molar-refractivity contribution in [3.05, 3.63) is 112 Å². The van der Waals surface area contributed by atoms with Crippen molar-refractivity contribution in [3.8, 4) is 0 Å². The molecule has 8 heteroatoms. The van der Waals surface area contributed by atoms with Crippen LogP contribution in [0.5, 0.6) is 0 Å². The van der Waals surface area contributed by atoms with Crippen LogP contribution >= 0.6 is 23.4 Å². The van der Waals surface area contributed by atoms with Crippen molar-refractivity contribution >= 4 is 41.1 Å². The van der Waals surface area contributed by atoms with Crippen LogP contribution in [0.3, 0.4) is 0 Å². The number of nitrogens with zero attached hydrogens (tertiary/aromatic N) is 1. The van der Waals surface area contributed by atoms with E-state index in [1.165, 1.54) is 5.56 Å². The molecular formula is C41H51ClN2O4S. The Morgan fingerprint density at radius 3 is 2.57 bits per heavy atom. The van der Waals surface area contributed by atoms with Gasteiger partial charge in [0.05, 0.1) is 23.8 Å². The molecule has 0 aromatic heterocycles. The number of carboxylic acids is 1. The molecule has 262 valence electrons. The number of hydrogen-bond acceptors (Lipinski definition) is 6. The van der Waals surface area contributed by atoms with Crippen LogP contribution in [0.25, 0.3) is 6.08 Å². The lowest BCUT2D eigenvalue weighted by atomic mass is 9.90. The third kappa shape index (κ3) is 11.3. The number of nitrogens with two attached hydrogens (primary N) is 1. The summed E-state index contributed by atoms with van der Waals surface area (Å²) in [6.45, 7) is 3.66. The molecule has 2 fully saturated rings. The molecule has 6 nitrogen and oxygen atoms in total. The Labute approximate surface area is 301 Å². The van der Waals surface area contributed by atoms with Gasteiger partial charge in [-0.25, -0.2) is 0 Å². The number of aliphatic hydroxyl groups excluding tert-OH is 1. The van der Waals surface area contributed by atoms with Gasteiger partial charge >= 0.3 is 5.97 Å². The van der Waals surface area contributed by atoms with Crippen LogP contribution in [-0.2, 0) is 16.8 Å². The number of hydrogen-bond donors (Lipinski definition) is 4. The highest BCUT2D eigenvalue weighted by Crippen LogP contribution is 2.53. The van der Waals surface area contributed by atoms with E-state index in [4.69, 9.17) is 27.4 Å². The summed E-state index contributed by atoms with van der Waals surface area (Å²) in [7, 11) is 0. The van der Waals surface area contributed by atoms with Gasteiger partial charge in [-0.05, 0) is 118 Å². The highest BCUT2D eigenvalue weighted by Gasteiger charge is 2.44. The molecule has 49 heavy (non-hydrogen) atoms. The van der Waals surface area contributed by atoms with Gasteiger partial charge in [-0.15, -0.1) is 0 Å². The molecule has 4 aliphatic rings. The van der Waals surface area contributed by atoms with E-state index in [1.807, 2.05) is 62.0 Å². The number of thioether (sulfide) groups is 1. The van der Waals surface area contributed by atoms with Crippen LogP contribution < -0.4 is 5.73 Å². The van der Waals surface area contributed by atoms with Gasteiger partial charge < -0.3 is 21.1 Å². The summed E-state index contributed by atoms with van der Waals surface area (Å²) in [5.41, 5.74) is 11.0. The molecule has 0 amide bonds. The molecule has 0 saturated heterocycles. The smallest absolute Gasteiger partial charge is 0.303 e. The number of aliphatic hydroxyl groups is 2. The summed E-state index contributed by atoms with van der Waals surface area (Å²) in [6.07, 6.45) is 21.0. The molecule has 5 N–H and O–H groups in total. The van der Waals surface area contributed by atoms with Crippen LogP contribution in [0.4, 0.5) is 0 Å². The Kier molecular flexibility index (Phi) is 12.8. The number of allylic oxidation sites excluding steroid dienone is 6. The van der Waals surface area contributed by atoms with Gasteiger partial charge in [0, 0.05) is 33.7 Å². The molecule has 0 spiro atoms. The minimum absolute atomic E-state index is 0.0604. The van der Waals surface area contributed by atoms with Gasteiger partial charge in [-0.2, -0.15) is 11.8 Å². The third-order valence-electron chi connectivity index (χ3n) is 9.89. The van der Waals surface area contributed by atoms with Crippen LogP contribution in [0.15, 0.2) is 94.6 Å². The molecule has 0 radical (unpaired) electrons. The average Bonchev–Trinajstić information content (AvgIpc) is 3.83. The number of aliphatic carboxylic acids is 1. The number of benzene rings is 2. The first kappa shape index (κ1) is 37.3. The van der Waals surface area contributed by atoms with E-state index in [9.17, 15) is 15.0 Å². The van der Waals surface area contributed by atoms with Gasteiger partial charge in [0.2, 0.25) is 0 Å². The SMILES string of the molecule is CC(C)(O)c1ccccc1CC[C@H](SCC1(CC(=O)O)CC1)c1cccc(/C=C/C2=NC3=CC(Cl)=CCC3C=C2)c1.NC1CCC(O)CC1.